The van der Waals surface area contributed by atoms with Crippen LogP contribution in [0.3, 0.4) is 0 Å². The smallest absolute Gasteiger partial charge is 0.0798 e. The molecule has 0 saturated carbocycles. The summed E-state index contributed by atoms with van der Waals surface area (Å²) < 4.78 is 0. The van der Waals surface area contributed by atoms with Gasteiger partial charge in [-0.15, -0.1) is 11.3 Å². The lowest BCUT2D eigenvalue weighted by Crippen LogP contribution is -2.22. The molecule has 0 aliphatic rings. The molecule has 0 aromatic carbocycles. The highest BCUT2D eigenvalue weighted by Crippen LogP contribution is 2.21. The highest BCUT2D eigenvalue weighted by atomic mass is 32.1. The van der Waals surface area contributed by atoms with E-state index < -0.39 is 0 Å². The average Bonchev–Trinajstić information content (AvgIpc) is 2.47. The van der Waals surface area contributed by atoms with E-state index in [-0.39, 0.29) is 0 Å². The summed E-state index contributed by atoms with van der Waals surface area (Å²) in [7, 11) is 0. The SMILES string of the molecule is CC(C)NCc1scnc1C(C)C. The van der Waals surface area contributed by atoms with Crippen LogP contribution >= 0.6 is 11.3 Å². The topological polar surface area (TPSA) is 24.9 Å². The van der Waals surface area contributed by atoms with Crippen molar-refractivity contribution in [3.63, 3.8) is 0 Å². The number of nitrogens with zero attached hydrogens (tertiary/aromatic N) is 1. The second-order valence-corrected chi connectivity index (χ2v) is 4.79. The van der Waals surface area contributed by atoms with E-state index in [2.05, 4.69) is 38.0 Å². The van der Waals surface area contributed by atoms with Crippen LogP contribution < -0.4 is 5.32 Å². The molecule has 74 valence electrons. The van der Waals surface area contributed by atoms with E-state index in [0.29, 0.717) is 12.0 Å². The van der Waals surface area contributed by atoms with Crippen LogP contribution in [0, 0.1) is 0 Å². The minimum absolute atomic E-state index is 0.537. The molecule has 1 rings (SSSR count). The second-order valence-electron chi connectivity index (χ2n) is 3.85. The minimum Gasteiger partial charge on any atom is -0.310 e. The largest absolute Gasteiger partial charge is 0.310 e. The highest BCUT2D eigenvalue weighted by molar-refractivity contribution is 7.09. The first-order chi connectivity index (χ1) is 6.11. The Morgan fingerprint density at radius 2 is 2.08 bits per heavy atom. The van der Waals surface area contributed by atoms with E-state index in [4.69, 9.17) is 0 Å². The van der Waals surface area contributed by atoms with Crippen LogP contribution in [0.4, 0.5) is 0 Å². The van der Waals surface area contributed by atoms with Crippen molar-refractivity contribution in [1.82, 2.24) is 10.3 Å². The molecule has 1 N–H and O–H groups in total. The summed E-state index contributed by atoms with van der Waals surface area (Å²) in [4.78, 5) is 5.75. The molecule has 0 atom stereocenters. The van der Waals surface area contributed by atoms with Crippen molar-refractivity contribution in [1.29, 1.82) is 0 Å². The van der Waals surface area contributed by atoms with Gasteiger partial charge >= 0.3 is 0 Å². The van der Waals surface area contributed by atoms with Crippen molar-refractivity contribution in [2.75, 3.05) is 0 Å². The predicted octanol–water partition coefficient (Wildman–Crippen LogP) is 2.76. The lowest BCUT2D eigenvalue weighted by Gasteiger charge is -2.09. The summed E-state index contributed by atoms with van der Waals surface area (Å²) in [5, 5.41) is 3.41. The lowest BCUT2D eigenvalue weighted by atomic mass is 10.1. The molecular weight excluding hydrogens is 180 g/mol. The van der Waals surface area contributed by atoms with E-state index in [1.54, 1.807) is 11.3 Å². The Bertz CT molecular complexity index is 253. The first-order valence-corrected chi connectivity index (χ1v) is 5.65. The Balaban J connectivity index is 2.60. The molecule has 3 heteroatoms. The van der Waals surface area contributed by atoms with Gasteiger partial charge in [0.05, 0.1) is 11.2 Å². The zero-order chi connectivity index (χ0) is 9.84. The van der Waals surface area contributed by atoms with E-state index in [1.165, 1.54) is 10.6 Å². The monoisotopic (exact) mass is 198 g/mol. The molecule has 13 heavy (non-hydrogen) atoms. The van der Waals surface area contributed by atoms with Gasteiger partial charge in [-0.05, 0) is 5.92 Å². The first-order valence-electron chi connectivity index (χ1n) is 4.77. The van der Waals surface area contributed by atoms with E-state index >= 15 is 0 Å². The van der Waals surface area contributed by atoms with Crippen LogP contribution in [0.5, 0.6) is 0 Å². The van der Waals surface area contributed by atoms with E-state index in [1.807, 2.05) is 5.51 Å². The maximum atomic E-state index is 4.37. The van der Waals surface area contributed by atoms with Crippen molar-refractivity contribution in [2.45, 2.75) is 46.2 Å². The molecule has 0 aliphatic heterocycles. The van der Waals surface area contributed by atoms with E-state index in [9.17, 15) is 0 Å². The third-order valence-corrected chi connectivity index (χ3v) is 2.74. The minimum atomic E-state index is 0.537. The van der Waals surface area contributed by atoms with Gasteiger partial charge in [0.15, 0.2) is 0 Å². The summed E-state index contributed by atoms with van der Waals surface area (Å²) in [5.41, 5.74) is 3.19. The number of hydrogen-bond donors (Lipinski definition) is 1. The first kappa shape index (κ1) is 10.7. The second kappa shape index (κ2) is 4.72. The van der Waals surface area contributed by atoms with Gasteiger partial charge in [-0.2, -0.15) is 0 Å². The number of thiazole rings is 1. The number of nitrogens with one attached hydrogen (secondary N) is 1. The molecule has 0 aliphatic carbocycles. The van der Waals surface area contributed by atoms with Crippen LogP contribution in [0.2, 0.25) is 0 Å². The molecule has 0 bridgehead atoms. The van der Waals surface area contributed by atoms with Gasteiger partial charge in [0.2, 0.25) is 0 Å². The lowest BCUT2D eigenvalue weighted by molar-refractivity contribution is 0.588. The zero-order valence-corrected chi connectivity index (χ0v) is 9.61. The van der Waals surface area contributed by atoms with Gasteiger partial charge in [-0.1, -0.05) is 27.7 Å². The molecule has 0 fully saturated rings. The quantitative estimate of drug-likeness (QED) is 0.804. The fourth-order valence-electron chi connectivity index (χ4n) is 1.18. The highest BCUT2D eigenvalue weighted by Gasteiger charge is 2.09. The maximum Gasteiger partial charge on any atom is 0.0798 e. The fourth-order valence-corrected chi connectivity index (χ4v) is 2.05. The Morgan fingerprint density at radius 3 is 2.62 bits per heavy atom. The maximum absolute atomic E-state index is 4.37. The Labute approximate surface area is 84.4 Å². The van der Waals surface area contributed by atoms with Crippen LogP contribution in [0.15, 0.2) is 5.51 Å². The molecule has 2 nitrogen and oxygen atoms in total. The van der Waals surface area contributed by atoms with Crippen molar-refractivity contribution >= 4 is 11.3 Å². The van der Waals surface area contributed by atoms with Crippen LogP contribution in [0.25, 0.3) is 0 Å². The molecule has 1 heterocycles. The third-order valence-electron chi connectivity index (χ3n) is 1.89. The van der Waals surface area contributed by atoms with Gasteiger partial charge in [0.1, 0.15) is 0 Å². The summed E-state index contributed by atoms with van der Waals surface area (Å²) in [5.74, 6) is 0.537. The number of hydrogen-bond acceptors (Lipinski definition) is 3. The molecule has 0 amide bonds. The van der Waals surface area contributed by atoms with Crippen LogP contribution in [-0.4, -0.2) is 11.0 Å². The van der Waals surface area contributed by atoms with Gasteiger partial charge < -0.3 is 5.32 Å². The van der Waals surface area contributed by atoms with Gasteiger partial charge in [-0.3, -0.25) is 0 Å². The van der Waals surface area contributed by atoms with Crippen LogP contribution in [0.1, 0.15) is 44.2 Å². The average molecular weight is 198 g/mol. The molecule has 1 aromatic rings. The van der Waals surface area contributed by atoms with Crippen molar-refractivity contribution in [3.05, 3.63) is 16.1 Å². The van der Waals surface area contributed by atoms with Crippen molar-refractivity contribution < 1.29 is 0 Å². The molecule has 0 radical (unpaired) electrons. The number of aromatic nitrogens is 1. The molecule has 0 spiro atoms. The Kier molecular flexibility index (Phi) is 3.88. The Morgan fingerprint density at radius 1 is 1.38 bits per heavy atom. The fraction of sp³-hybridized carbons (Fsp3) is 0.700. The molecule has 0 saturated heterocycles. The summed E-state index contributed by atoms with van der Waals surface area (Å²) >= 11 is 1.75. The van der Waals surface area contributed by atoms with Gasteiger partial charge in [-0.25, -0.2) is 4.98 Å². The normalized spacial score (nSPS) is 11.5. The molecule has 1 aromatic heterocycles. The summed E-state index contributed by atoms with van der Waals surface area (Å²) in [6, 6.07) is 0.544. The van der Waals surface area contributed by atoms with Gasteiger partial charge in [0.25, 0.3) is 0 Å². The van der Waals surface area contributed by atoms with Crippen molar-refractivity contribution in [2.24, 2.45) is 0 Å². The van der Waals surface area contributed by atoms with Gasteiger partial charge in [0, 0.05) is 17.5 Å². The van der Waals surface area contributed by atoms with Crippen LogP contribution in [-0.2, 0) is 6.54 Å². The zero-order valence-electron chi connectivity index (χ0n) is 8.79. The summed E-state index contributed by atoms with van der Waals surface area (Å²) in [6.45, 7) is 9.66. The molecule has 0 unspecified atom stereocenters. The number of rotatable bonds is 4. The van der Waals surface area contributed by atoms with Crippen molar-refractivity contribution in [3.8, 4) is 0 Å². The van der Waals surface area contributed by atoms with E-state index in [0.717, 1.165) is 6.54 Å². The Hall–Kier alpha value is -0.410. The molecular formula is C10H18N2S. The summed E-state index contributed by atoms with van der Waals surface area (Å²) in [6.07, 6.45) is 0. The third kappa shape index (κ3) is 3.08. The predicted molar refractivity (Wildman–Crippen MR) is 58.2 cm³/mol. The standard InChI is InChI=1S/C10H18N2S/c1-7(2)10-9(13-6-12-10)5-11-8(3)4/h6-8,11H,5H2,1-4H3.